The number of hydrogen-bond acceptors (Lipinski definition) is 4. The summed E-state index contributed by atoms with van der Waals surface area (Å²) in [6.07, 6.45) is 1.34. The van der Waals surface area contributed by atoms with Crippen LogP contribution < -0.4 is 10.7 Å². The molecule has 2 N–H and O–H groups in total. The standard InChI is InChI=1S/C11H15N3O2S/c1-8(2)13-10(15)6-11(16)14-12-7-9-4-3-5-17-9/h3-5,7-8H,6H2,1-2H3,(H,13,15)(H,14,16)/b12-7+. The third-order valence-electron chi connectivity index (χ3n) is 1.70. The Morgan fingerprint density at radius 2 is 2.24 bits per heavy atom. The number of carbonyl (C=O) groups is 2. The third-order valence-corrected chi connectivity index (χ3v) is 2.50. The molecule has 5 nitrogen and oxygen atoms in total. The second kappa shape index (κ2) is 6.80. The monoisotopic (exact) mass is 253 g/mol. The van der Waals surface area contributed by atoms with Gasteiger partial charge < -0.3 is 5.32 Å². The van der Waals surface area contributed by atoms with Crippen LogP contribution in [0.1, 0.15) is 25.1 Å². The Hall–Kier alpha value is -1.69. The molecule has 0 aliphatic rings. The van der Waals surface area contributed by atoms with Gasteiger partial charge in [-0.25, -0.2) is 5.43 Å². The molecule has 0 radical (unpaired) electrons. The fraction of sp³-hybridized carbons (Fsp3) is 0.364. The summed E-state index contributed by atoms with van der Waals surface area (Å²) >= 11 is 1.52. The van der Waals surface area contributed by atoms with Crippen LogP contribution in [0, 0.1) is 0 Å². The van der Waals surface area contributed by atoms with E-state index < -0.39 is 5.91 Å². The van der Waals surface area contributed by atoms with Crippen molar-refractivity contribution in [3.8, 4) is 0 Å². The lowest BCUT2D eigenvalue weighted by molar-refractivity contribution is -0.129. The molecule has 0 bridgehead atoms. The van der Waals surface area contributed by atoms with Gasteiger partial charge in [0.05, 0.1) is 6.21 Å². The van der Waals surface area contributed by atoms with Gasteiger partial charge in [0.25, 0.3) is 0 Å². The third kappa shape index (κ3) is 5.82. The van der Waals surface area contributed by atoms with Crippen LogP contribution in [0.5, 0.6) is 0 Å². The maximum Gasteiger partial charge on any atom is 0.249 e. The van der Waals surface area contributed by atoms with E-state index in [1.165, 1.54) is 11.3 Å². The van der Waals surface area contributed by atoms with E-state index in [4.69, 9.17) is 0 Å². The minimum atomic E-state index is -0.420. The van der Waals surface area contributed by atoms with Crippen LogP contribution in [0.4, 0.5) is 0 Å². The van der Waals surface area contributed by atoms with Crippen molar-refractivity contribution in [2.24, 2.45) is 5.10 Å². The molecule has 0 atom stereocenters. The van der Waals surface area contributed by atoms with Gasteiger partial charge in [0.1, 0.15) is 6.42 Å². The number of thiophene rings is 1. The maximum atomic E-state index is 11.3. The van der Waals surface area contributed by atoms with Crippen LogP contribution in [0.25, 0.3) is 0 Å². The highest BCUT2D eigenvalue weighted by Gasteiger charge is 2.08. The summed E-state index contributed by atoms with van der Waals surface area (Å²) in [7, 11) is 0. The number of carbonyl (C=O) groups excluding carboxylic acids is 2. The average molecular weight is 253 g/mol. The Bertz CT molecular complexity index is 399. The molecule has 0 aliphatic heterocycles. The van der Waals surface area contributed by atoms with Crippen LogP contribution >= 0.6 is 11.3 Å². The Morgan fingerprint density at radius 1 is 1.47 bits per heavy atom. The molecular weight excluding hydrogens is 238 g/mol. The first-order valence-electron chi connectivity index (χ1n) is 5.22. The van der Waals surface area contributed by atoms with Gasteiger partial charge in [0, 0.05) is 10.9 Å². The number of hydrazone groups is 1. The fourth-order valence-corrected chi connectivity index (χ4v) is 1.68. The SMILES string of the molecule is CC(C)NC(=O)CC(=O)N/N=C/c1cccs1. The number of nitrogens with zero attached hydrogens (tertiary/aromatic N) is 1. The highest BCUT2D eigenvalue weighted by atomic mass is 32.1. The second-order valence-corrected chi connectivity index (χ2v) is 4.69. The van der Waals surface area contributed by atoms with Gasteiger partial charge in [0.15, 0.2) is 0 Å². The van der Waals surface area contributed by atoms with Crippen molar-refractivity contribution in [3.63, 3.8) is 0 Å². The lowest BCUT2D eigenvalue weighted by atomic mass is 10.3. The van der Waals surface area contributed by atoms with Gasteiger partial charge in [0.2, 0.25) is 11.8 Å². The molecule has 0 saturated carbocycles. The zero-order valence-electron chi connectivity index (χ0n) is 9.77. The van der Waals surface area contributed by atoms with E-state index in [2.05, 4.69) is 15.8 Å². The molecule has 0 aromatic carbocycles. The van der Waals surface area contributed by atoms with E-state index in [0.717, 1.165) is 4.88 Å². The van der Waals surface area contributed by atoms with E-state index in [9.17, 15) is 9.59 Å². The summed E-state index contributed by atoms with van der Waals surface area (Å²) in [5.74, 6) is -0.722. The summed E-state index contributed by atoms with van der Waals surface area (Å²) < 4.78 is 0. The molecule has 92 valence electrons. The molecule has 0 spiro atoms. The summed E-state index contributed by atoms with van der Waals surface area (Å²) in [5, 5.41) is 8.30. The topological polar surface area (TPSA) is 70.6 Å². The predicted molar refractivity (Wildman–Crippen MR) is 68.0 cm³/mol. The van der Waals surface area contributed by atoms with E-state index >= 15 is 0 Å². The number of nitrogens with one attached hydrogen (secondary N) is 2. The zero-order valence-corrected chi connectivity index (χ0v) is 10.6. The molecule has 0 saturated heterocycles. The Balaban J connectivity index is 2.28. The van der Waals surface area contributed by atoms with Crippen LogP contribution in [0.15, 0.2) is 22.6 Å². The van der Waals surface area contributed by atoms with Crippen molar-refractivity contribution in [2.75, 3.05) is 0 Å². The lowest BCUT2D eigenvalue weighted by Gasteiger charge is -2.06. The molecule has 0 aliphatic carbocycles. The fourth-order valence-electron chi connectivity index (χ4n) is 1.09. The number of amides is 2. The molecule has 1 rings (SSSR count). The molecule has 6 heteroatoms. The van der Waals surface area contributed by atoms with Crippen molar-refractivity contribution in [2.45, 2.75) is 26.3 Å². The molecule has 0 fully saturated rings. The summed E-state index contributed by atoms with van der Waals surface area (Å²) in [4.78, 5) is 23.5. The Kier molecular flexibility index (Phi) is 5.35. The van der Waals surface area contributed by atoms with Crippen LogP contribution in [0.2, 0.25) is 0 Å². The zero-order chi connectivity index (χ0) is 12.7. The average Bonchev–Trinajstić information content (AvgIpc) is 2.68. The molecule has 17 heavy (non-hydrogen) atoms. The Morgan fingerprint density at radius 3 is 2.82 bits per heavy atom. The molecule has 2 amide bonds. The largest absolute Gasteiger partial charge is 0.353 e. The molecule has 1 heterocycles. The number of hydrogen-bond donors (Lipinski definition) is 2. The smallest absolute Gasteiger partial charge is 0.249 e. The van der Waals surface area contributed by atoms with E-state index in [0.29, 0.717) is 0 Å². The van der Waals surface area contributed by atoms with Crippen LogP contribution in [-0.2, 0) is 9.59 Å². The van der Waals surface area contributed by atoms with Gasteiger partial charge >= 0.3 is 0 Å². The molecule has 0 unspecified atom stereocenters. The van der Waals surface area contributed by atoms with E-state index in [1.54, 1.807) is 6.21 Å². The van der Waals surface area contributed by atoms with E-state index in [1.807, 2.05) is 31.4 Å². The summed E-state index contributed by atoms with van der Waals surface area (Å²) in [5.41, 5.74) is 2.30. The predicted octanol–water partition coefficient (Wildman–Crippen LogP) is 1.11. The highest BCUT2D eigenvalue weighted by molar-refractivity contribution is 7.11. The second-order valence-electron chi connectivity index (χ2n) is 3.71. The Labute approximate surface area is 104 Å². The minimum absolute atomic E-state index is 0.0323. The van der Waals surface area contributed by atoms with Crippen molar-refractivity contribution in [1.82, 2.24) is 10.7 Å². The number of rotatable bonds is 5. The highest BCUT2D eigenvalue weighted by Crippen LogP contribution is 2.03. The molecular formula is C11H15N3O2S. The quantitative estimate of drug-likeness (QED) is 0.469. The van der Waals surface area contributed by atoms with Gasteiger partial charge in [-0.15, -0.1) is 11.3 Å². The summed E-state index contributed by atoms with van der Waals surface area (Å²) in [6.45, 7) is 3.68. The first kappa shape index (κ1) is 13.4. The van der Waals surface area contributed by atoms with Crippen molar-refractivity contribution in [3.05, 3.63) is 22.4 Å². The maximum absolute atomic E-state index is 11.3. The van der Waals surface area contributed by atoms with Gasteiger partial charge in [-0.2, -0.15) is 5.10 Å². The van der Waals surface area contributed by atoms with Crippen LogP contribution in [-0.4, -0.2) is 24.1 Å². The lowest BCUT2D eigenvalue weighted by Crippen LogP contribution is -2.34. The van der Waals surface area contributed by atoms with Crippen LogP contribution in [0.3, 0.4) is 0 Å². The van der Waals surface area contributed by atoms with Gasteiger partial charge in [-0.05, 0) is 25.3 Å². The first-order chi connectivity index (χ1) is 8.08. The summed E-state index contributed by atoms with van der Waals surface area (Å²) in [6, 6.07) is 3.81. The normalized spacial score (nSPS) is 10.8. The minimum Gasteiger partial charge on any atom is -0.353 e. The molecule has 1 aromatic rings. The van der Waals surface area contributed by atoms with E-state index in [-0.39, 0.29) is 18.4 Å². The van der Waals surface area contributed by atoms with Crippen molar-refractivity contribution >= 4 is 29.4 Å². The van der Waals surface area contributed by atoms with Gasteiger partial charge in [-0.1, -0.05) is 6.07 Å². The van der Waals surface area contributed by atoms with Crippen molar-refractivity contribution in [1.29, 1.82) is 0 Å². The van der Waals surface area contributed by atoms with Crippen molar-refractivity contribution < 1.29 is 9.59 Å². The molecule has 1 aromatic heterocycles. The van der Waals surface area contributed by atoms with Gasteiger partial charge in [-0.3, -0.25) is 9.59 Å². The first-order valence-corrected chi connectivity index (χ1v) is 6.10.